The van der Waals surface area contributed by atoms with Gasteiger partial charge in [0.15, 0.2) is 0 Å². The SMILES string of the molecule is CCC(CCN)Sc1ccccc1C. The van der Waals surface area contributed by atoms with E-state index in [9.17, 15) is 0 Å². The van der Waals surface area contributed by atoms with Crippen LogP contribution < -0.4 is 5.73 Å². The molecule has 78 valence electrons. The van der Waals surface area contributed by atoms with Crippen molar-refractivity contribution in [2.75, 3.05) is 6.54 Å². The first-order chi connectivity index (χ1) is 6.77. The highest BCUT2D eigenvalue weighted by atomic mass is 32.2. The molecule has 1 aromatic rings. The summed E-state index contributed by atoms with van der Waals surface area (Å²) >= 11 is 1.96. The summed E-state index contributed by atoms with van der Waals surface area (Å²) in [4.78, 5) is 1.40. The molecular formula is C12H19NS. The van der Waals surface area contributed by atoms with Crippen LogP contribution in [0.3, 0.4) is 0 Å². The predicted molar refractivity (Wildman–Crippen MR) is 64.8 cm³/mol. The maximum Gasteiger partial charge on any atom is 0.0104 e. The summed E-state index contributed by atoms with van der Waals surface area (Å²) in [5, 5.41) is 0.668. The summed E-state index contributed by atoms with van der Waals surface area (Å²) in [6.07, 6.45) is 2.30. The van der Waals surface area contributed by atoms with Crippen LogP contribution in [0.4, 0.5) is 0 Å². The predicted octanol–water partition coefficient (Wildman–Crippen LogP) is 3.21. The van der Waals surface area contributed by atoms with Gasteiger partial charge in [0.25, 0.3) is 0 Å². The second kappa shape index (κ2) is 6.10. The summed E-state index contributed by atoms with van der Waals surface area (Å²) in [7, 11) is 0. The average Bonchev–Trinajstić information content (AvgIpc) is 2.20. The third kappa shape index (κ3) is 3.35. The molecule has 1 unspecified atom stereocenters. The zero-order valence-electron chi connectivity index (χ0n) is 8.99. The fourth-order valence-electron chi connectivity index (χ4n) is 1.40. The Kier molecular flexibility index (Phi) is 5.05. The zero-order chi connectivity index (χ0) is 10.4. The Morgan fingerprint density at radius 3 is 2.64 bits per heavy atom. The molecule has 1 nitrogen and oxygen atoms in total. The molecule has 0 aromatic heterocycles. The topological polar surface area (TPSA) is 26.0 Å². The zero-order valence-corrected chi connectivity index (χ0v) is 9.81. The second-order valence-corrected chi connectivity index (χ2v) is 4.83. The average molecular weight is 209 g/mol. The Bertz CT molecular complexity index is 273. The summed E-state index contributed by atoms with van der Waals surface area (Å²) < 4.78 is 0. The molecule has 0 heterocycles. The third-order valence-corrected chi connectivity index (χ3v) is 3.95. The second-order valence-electron chi connectivity index (χ2n) is 3.49. The molecule has 14 heavy (non-hydrogen) atoms. The molecule has 1 aromatic carbocycles. The lowest BCUT2D eigenvalue weighted by molar-refractivity contribution is 0.745. The number of thioether (sulfide) groups is 1. The lowest BCUT2D eigenvalue weighted by Gasteiger charge is -2.14. The van der Waals surface area contributed by atoms with Gasteiger partial charge in [0, 0.05) is 10.1 Å². The molecule has 0 saturated heterocycles. The lowest BCUT2D eigenvalue weighted by Crippen LogP contribution is -2.09. The molecule has 1 atom stereocenters. The molecule has 0 radical (unpaired) electrons. The van der Waals surface area contributed by atoms with Crippen LogP contribution in [0.25, 0.3) is 0 Å². The Balaban J connectivity index is 2.62. The van der Waals surface area contributed by atoms with Gasteiger partial charge < -0.3 is 5.73 Å². The normalized spacial score (nSPS) is 12.8. The summed E-state index contributed by atoms with van der Waals surface area (Å²) in [6.45, 7) is 5.18. The van der Waals surface area contributed by atoms with Crippen LogP contribution in [-0.2, 0) is 0 Å². The molecule has 0 aliphatic heterocycles. The Labute approximate surface area is 91.1 Å². The monoisotopic (exact) mass is 209 g/mol. The van der Waals surface area contributed by atoms with Gasteiger partial charge in [0.1, 0.15) is 0 Å². The van der Waals surface area contributed by atoms with Gasteiger partial charge in [-0.2, -0.15) is 0 Å². The molecule has 0 spiro atoms. The van der Waals surface area contributed by atoms with Crippen molar-refractivity contribution in [2.24, 2.45) is 5.73 Å². The summed E-state index contributed by atoms with van der Waals surface area (Å²) in [6, 6.07) is 8.55. The van der Waals surface area contributed by atoms with Crippen LogP contribution in [0.1, 0.15) is 25.3 Å². The van der Waals surface area contributed by atoms with E-state index in [1.165, 1.54) is 16.9 Å². The number of hydrogen-bond donors (Lipinski definition) is 1. The van der Waals surface area contributed by atoms with Gasteiger partial charge >= 0.3 is 0 Å². The smallest absolute Gasteiger partial charge is 0.0104 e. The van der Waals surface area contributed by atoms with Gasteiger partial charge in [-0.3, -0.25) is 0 Å². The first-order valence-electron chi connectivity index (χ1n) is 5.20. The Morgan fingerprint density at radius 2 is 2.07 bits per heavy atom. The van der Waals surface area contributed by atoms with Crippen LogP contribution in [0.15, 0.2) is 29.2 Å². The highest BCUT2D eigenvalue weighted by molar-refractivity contribution is 8.00. The molecule has 2 N–H and O–H groups in total. The highest BCUT2D eigenvalue weighted by Crippen LogP contribution is 2.29. The maximum atomic E-state index is 5.58. The van der Waals surface area contributed by atoms with Crippen molar-refractivity contribution in [3.63, 3.8) is 0 Å². The van der Waals surface area contributed by atoms with Crippen LogP contribution in [-0.4, -0.2) is 11.8 Å². The highest BCUT2D eigenvalue weighted by Gasteiger charge is 2.08. The Hall–Kier alpha value is -0.470. The molecule has 0 amide bonds. The molecule has 0 aliphatic rings. The van der Waals surface area contributed by atoms with Crippen molar-refractivity contribution in [3.05, 3.63) is 29.8 Å². The maximum absolute atomic E-state index is 5.58. The van der Waals surface area contributed by atoms with Gasteiger partial charge in [0.05, 0.1) is 0 Å². The van der Waals surface area contributed by atoms with Crippen LogP contribution in [0.2, 0.25) is 0 Å². The number of nitrogens with two attached hydrogens (primary N) is 1. The minimum atomic E-state index is 0.668. The number of hydrogen-bond acceptors (Lipinski definition) is 2. The van der Waals surface area contributed by atoms with Crippen molar-refractivity contribution in [2.45, 2.75) is 36.8 Å². The van der Waals surface area contributed by atoms with Crippen molar-refractivity contribution in [1.82, 2.24) is 0 Å². The van der Waals surface area contributed by atoms with Crippen molar-refractivity contribution < 1.29 is 0 Å². The van der Waals surface area contributed by atoms with Crippen LogP contribution in [0, 0.1) is 6.92 Å². The van der Waals surface area contributed by atoms with E-state index < -0.39 is 0 Å². The van der Waals surface area contributed by atoms with E-state index in [0.717, 1.165) is 13.0 Å². The molecule has 2 heteroatoms. The molecule has 0 fully saturated rings. The minimum Gasteiger partial charge on any atom is -0.330 e. The van der Waals surface area contributed by atoms with Gasteiger partial charge in [-0.15, -0.1) is 11.8 Å². The summed E-state index contributed by atoms with van der Waals surface area (Å²) in [5.74, 6) is 0. The van der Waals surface area contributed by atoms with Crippen molar-refractivity contribution in [3.8, 4) is 0 Å². The molecular weight excluding hydrogens is 190 g/mol. The number of rotatable bonds is 5. The van der Waals surface area contributed by atoms with Gasteiger partial charge in [-0.05, 0) is 37.9 Å². The lowest BCUT2D eigenvalue weighted by atomic mass is 10.2. The number of benzene rings is 1. The summed E-state index contributed by atoms with van der Waals surface area (Å²) in [5.41, 5.74) is 6.95. The molecule has 0 bridgehead atoms. The molecule has 1 rings (SSSR count). The van der Waals surface area contributed by atoms with E-state index in [2.05, 4.69) is 38.1 Å². The standard InChI is InChI=1S/C12H19NS/c1-3-11(8-9-13)14-12-7-5-4-6-10(12)2/h4-7,11H,3,8-9,13H2,1-2H3. The van der Waals surface area contributed by atoms with Gasteiger partial charge in [-0.1, -0.05) is 25.1 Å². The Morgan fingerprint density at radius 1 is 1.36 bits per heavy atom. The largest absolute Gasteiger partial charge is 0.330 e. The fourth-order valence-corrected chi connectivity index (χ4v) is 2.59. The van der Waals surface area contributed by atoms with Crippen LogP contribution in [0.5, 0.6) is 0 Å². The number of aryl methyl sites for hydroxylation is 1. The van der Waals surface area contributed by atoms with E-state index in [1.807, 2.05) is 11.8 Å². The van der Waals surface area contributed by atoms with Crippen molar-refractivity contribution >= 4 is 11.8 Å². The van der Waals surface area contributed by atoms with E-state index in [0.29, 0.717) is 5.25 Å². The van der Waals surface area contributed by atoms with Crippen molar-refractivity contribution in [1.29, 1.82) is 0 Å². The quantitative estimate of drug-likeness (QED) is 0.754. The van der Waals surface area contributed by atoms with Gasteiger partial charge in [0.2, 0.25) is 0 Å². The molecule has 0 aliphatic carbocycles. The van der Waals surface area contributed by atoms with Crippen LogP contribution >= 0.6 is 11.8 Å². The fraction of sp³-hybridized carbons (Fsp3) is 0.500. The third-order valence-electron chi connectivity index (χ3n) is 2.33. The van der Waals surface area contributed by atoms with E-state index in [4.69, 9.17) is 5.73 Å². The van der Waals surface area contributed by atoms with E-state index >= 15 is 0 Å². The first-order valence-corrected chi connectivity index (χ1v) is 6.08. The molecule has 0 saturated carbocycles. The van der Waals surface area contributed by atoms with Gasteiger partial charge in [-0.25, -0.2) is 0 Å². The van der Waals surface area contributed by atoms with E-state index in [-0.39, 0.29) is 0 Å². The minimum absolute atomic E-state index is 0.668. The van der Waals surface area contributed by atoms with E-state index in [1.54, 1.807) is 0 Å². The first kappa shape index (κ1) is 11.6.